The molecular formula is C32H42N8. The number of H-pyrrole nitrogens is 1. The normalized spacial score (nSPS) is 14.8. The third-order valence-corrected chi connectivity index (χ3v) is 7.31. The van der Waals surface area contributed by atoms with Crippen LogP contribution in [0.1, 0.15) is 49.9 Å². The summed E-state index contributed by atoms with van der Waals surface area (Å²) in [6, 6.07) is 4.09. The van der Waals surface area contributed by atoms with Gasteiger partial charge in [0, 0.05) is 72.2 Å². The number of allylic oxidation sites excluding steroid dienone is 5. The number of pyridine rings is 2. The van der Waals surface area contributed by atoms with Gasteiger partial charge in [0.15, 0.2) is 5.65 Å². The fraction of sp³-hybridized carbons (Fsp3) is 0.344. The molecule has 0 spiro atoms. The molecule has 0 unspecified atom stereocenters. The van der Waals surface area contributed by atoms with E-state index in [9.17, 15) is 0 Å². The van der Waals surface area contributed by atoms with Crippen molar-refractivity contribution in [1.82, 2.24) is 30.4 Å². The van der Waals surface area contributed by atoms with Gasteiger partial charge in [0.2, 0.25) is 0 Å². The molecule has 8 nitrogen and oxygen atoms in total. The van der Waals surface area contributed by atoms with Crippen molar-refractivity contribution in [2.75, 3.05) is 43.4 Å². The molecule has 3 N–H and O–H groups in total. The number of rotatable bonds is 12. The van der Waals surface area contributed by atoms with E-state index in [1.54, 1.807) is 0 Å². The highest BCUT2D eigenvalue weighted by Gasteiger charge is 2.19. The molecule has 1 aliphatic heterocycles. The van der Waals surface area contributed by atoms with Gasteiger partial charge in [-0.3, -0.25) is 5.10 Å². The van der Waals surface area contributed by atoms with Crippen molar-refractivity contribution in [2.45, 2.75) is 40.0 Å². The zero-order valence-corrected chi connectivity index (χ0v) is 24.3. The quantitative estimate of drug-likeness (QED) is 0.235. The molecule has 4 rings (SSSR count). The summed E-state index contributed by atoms with van der Waals surface area (Å²) in [5.74, 6) is 1.01. The molecule has 4 heterocycles. The minimum atomic E-state index is 0.640. The van der Waals surface area contributed by atoms with Gasteiger partial charge in [-0.25, -0.2) is 9.97 Å². The molecule has 1 aliphatic rings. The molecule has 1 fully saturated rings. The summed E-state index contributed by atoms with van der Waals surface area (Å²) in [6.45, 7) is 22.8. The van der Waals surface area contributed by atoms with Crippen molar-refractivity contribution in [2.24, 2.45) is 0 Å². The van der Waals surface area contributed by atoms with Gasteiger partial charge in [-0.15, -0.1) is 0 Å². The third-order valence-electron chi connectivity index (χ3n) is 7.31. The van der Waals surface area contributed by atoms with E-state index in [-0.39, 0.29) is 0 Å². The predicted octanol–water partition coefficient (Wildman–Crippen LogP) is 6.26. The van der Waals surface area contributed by atoms with Gasteiger partial charge in [-0.05, 0) is 63.6 Å². The van der Waals surface area contributed by atoms with Gasteiger partial charge < -0.3 is 20.4 Å². The molecule has 0 aliphatic carbocycles. The third kappa shape index (κ3) is 6.69. The highest BCUT2D eigenvalue weighted by atomic mass is 15.3. The minimum absolute atomic E-state index is 0.640. The lowest BCUT2D eigenvalue weighted by Crippen LogP contribution is -2.45. The van der Waals surface area contributed by atoms with Crippen molar-refractivity contribution in [3.8, 4) is 0 Å². The van der Waals surface area contributed by atoms with E-state index in [2.05, 4.69) is 99.4 Å². The zero-order valence-electron chi connectivity index (χ0n) is 24.3. The van der Waals surface area contributed by atoms with Gasteiger partial charge in [0.1, 0.15) is 5.82 Å². The summed E-state index contributed by atoms with van der Waals surface area (Å²) in [5.41, 5.74) is 8.12. The Labute approximate surface area is 238 Å². The van der Waals surface area contributed by atoms with E-state index in [0.29, 0.717) is 5.65 Å². The summed E-state index contributed by atoms with van der Waals surface area (Å²) in [4.78, 5) is 14.0. The first-order valence-electron chi connectivity index (χ1n) is 14.0. The number of nitrogens with zero attached hydrogens (tertiary/aromatic N) is 5. The van der Waals surface area contributed by atoms with Crippen LogP contribution in [0.3, 0.4) is 0 Å². The van der Waals surface area contributed by atoms with Gasteiger partial charge in [-0.2, -0.15) is 5.10 Å². The van der Waals surface area contributed by atoms with Gasteiger partial charge in [0.05, 0.1) is 11.4 Å². The van der Waals surface area contributed by atoms with Gasteiger partial charge in [0.25, 0.3) is 0 Å². The van der Waals surface area contributed by atoms with E-state index in [1.165, 1.54) is 0 Å². The first-order valence-corrected chi connectivity index (χ1v) is 14.0. The van der Waals surface area contributed by atoms with E-state index in [4.69, 9.17) is 0 Å². The number of fused-ring (bicyclic) bond motifs is 1. The Morgan fingerprint density at radius 3 is 2.65 bits per heavy atom. The molecule has 0 bridgehead atoms. The van der Waals surface area contributed by atoms with Crippen LogP contribution < -0.4 is 15.5 Å². The Morgan fingerprint density at radius 2 is 1.95 bits per heavy atom. The standard InChI is InChI=1S/C32H42N8/c1-8-11-12-22(4)35-27(10-3)19-25(9-2)26-20-28-30(37-38-31(28)34-21-26)24(6)36-29-13-14-33-32(23(29)5)40-17-15-39(7)16-18-40/h9-10,13-14,19-21,35H,3-4,6,8,11-12,15-18H2,1-2,5,7H3,(H,33,36)(H,34,37,38)/b25-9+,27-19+. The van der Waals surface area contributed by atoms with Crippen LogP contribution in [0.25, 0.3) is 22.3 Å². The largest absolute Gasteiger partial charge is 0.359 e. The first-order chi connectivity index (χ1) is 19.3. The number of likely N-dealkylation sites (N-methyl/N-ethyl adjacent to an activating group) is 1. The van der Waals surface area contributed by atoms with Crippen molar-refractivity contribution in [3.63, 3.8) is 0 Å². The number of anilines is 2. The lowest BCUT2D eigenvalue weighted by molar-refractivity contribution is 0.312. The Bertz CT molecular complexity index is 1440. The number of unbranched alkanes of at least 4 members (excludes halogenated alkanes) is 1. The topological polar surface area (TPSA) is 85.0 Å². The molecule has 8 heteroatoms. The maximum atomic E-state index is 4.69. The molecule has 3 aromatic rings. The average molecular weight is 539 g/mol. The molecule has 1 saturated heterocycles. The summed E-state index contributed by atoms with van der Waals surface area (Å²) >= 11 is 0. The monoisotopic (exact) mass is 538 g/mol. The number of piperazine rings is 1. The molecule has 0 saturated carbocycles. The number of hydrogen-bond acceptors (Lipinski definition) is 7. The number of aromatic amines is 1. The second-order valence-corrected chi connectivity index (χ2v) is 10.3. The van der Waals surface area contributed by atoms with Gasteiger partial charge >= 0.3 is 0 Å². The Kier molecular flexibility index (Phi) is 9.56. The fourth-order valence-electron chi connectivity index (χ4n) is 4.81. The summed E-state index contributed by atoms with van der Waals surface area (Å²) < 4.78 is 0. The molecule has 3 aromatic heterocycles. The lowest BCUT2D eigenvalue weighted by atomic mass is 10.0. The smallest absolute Gasteiger partial charge is 0.181 e. The molecule has 0 aromatic carbocycles. The van der Waals surface area contributed by atoms with E-state index < -0.39 is 0 Å². The summed E-state index contributed by atoms with van der Waals surface area (Å²) in [7, 11) is 2.16. The Hall–Kier alpha value is -4.17. The van der Waals surface area contributed by atoms with Crippen molar-refractivity contribution < 1.29 is 0 Å². The lowest BCUT2D eigenvalue weighted by Gasteiger charge is -2.34. The maximum absolute atomic E-state index is 4.69. The van der Waals surface area contributed by atoms with Crippen molar-refractivity contribution in [3.05, 3.63) is 90.7 Å². The number of nitrogens with one attached hydrogen (secondary N) is 3. The minimum Gasteiger partial charge on any atom is -0.359 e. The molecule has 0 atom stereocenters. The molecular weight excluding hydrogens is 496 g/mol. The summed E-state index contributed by atoms with van der Waals surface area (Å²) in [6.07, 6.45) is 12.8. The molecule has 210 valence electrons. The SMILES string of the molecule is C=C/C(=C\C(=C/C)c1cnc2n[nH]c(C(=C)Nc3ccnc(N4CCN(C)CC4)c3C)c2c1)NC(=C)CCCC. The van der Waals surface area contributed by atoms with Crippen LogP contribution in [-0.4, -0.2) is 58.3 Å². The number of hydrogen-bond donors (Lipinski definition) is 3. The second-order valence-electron chi connectivity index (χ2n) is 10.3. The fourth-order valence-corrected chi connectivity index (χ4v) is 4.81. The van der Waals surface area contributed by atoms with Gasteiger partial charge in [-0.1, -0.05) is 39.2 Å². The van der Waals surface area contributed by atoms with E-state index in [1.807, 2.05) is 31.5 Å². The zero-order chi connectivity index (χ0) is 28.6. The Morgan fingerprint density at radius 1 is 1.18 bits per heavy atom. The highest BCUT2D eigenvalue weighted by Crippen LogP contribution is 2.30. The molecule has 0 radical (unpaired) electrons. The van der Waals surface area contributed by atoms with E-state index >= 15 is 0 Å². The first kappa shape index (κ1) is 28.8. The van der Waals surface area contributed by atoms with Crippen LogP contribution in [0, 0.1) is 6.92 Å². The van der Waals surface area contributed by atoms with Crippen LogP contribution in [0.15, 0.2) is 73.9 Å². The van der Waals surface area contributed by atoms with Crippen molar-refractivity contribution in [1.29, 1.82) is 0 Å². The van der Waals surface area contributed by atoms with Crippen LogP contribution in [0.4, 0.5) is 11.5 Å². The Balaban J connectivity index is 1.57. The van der Waals surface area contributed by atoms with Crippen LogP contribution in [0.5, 0.6) is 0 Å². The van der Waals surface area contributed by atoms with Crippen LogP contribution >= 0.6 is 0 Å². The van der Waals surface area contributed by atoms with Crippen LogP contribution in [-0.2, 0) is 0 Å². The molecule has 40 heavy (non-hydrogen) atoms. The summed E-state index contributed by atoms with van der Waals surface area (Å²) in [5, 5.41) is 15.4. The predicted molar refractivity (Wildman–Crippen MR) is 169 cm³/mol. The molecule has 0 amide bonds. The average Bonchev–Trinajstić information content (AvgIpc) is 3.39. The maximum Gasteiger partial charge on any atom is 0.181 e. The number of aromatic nitrogens is 4. The van der Waals surface area contributed by atoms with Crippen molar-refractivity contribution >= 4 is 33.8 Å². The van der Waals surface area contributed by atoms with Crippen LogP contribution in [0.2, 0.25) is 0 Å². The highest BCUT2D eigenvalue weighted by molar-refractivity contribution is 5.93. The second kappa shape index (κ2) is 13.3. The van der Waals surface area contributed by atoms with E-state index in [0.717, 1.165) is 102 Å².